The van der Waals surface area contributed by atoms with Gasteiger partial charge in [0.05, 0.1) is 11.4 Å². The molecule has 0 aliphatic rings. The molecule has 0 saturated carbocycles. The molecule has 0 unspecified atom stereocenters. The van der Waals surface area contributed by atoms with Crippen LogP contribution < -0.4 is 10.0 Å². The van der Waals surface area contributed by atoms with E-state index in [4.69, 9.17) is 5.73 Å². The van der Waals surface area contributed by atoms with Crippen LogP contribution in [0.4, 0.5) is 5.69 Å². The molecule has 0 spiro atoms. The third kappa shape index (κ3) is 2.74. The van der Waals surface area contributed by atoms with E-state index in [1.54, 1.807) is 19.1 Å². The molecule has 0 amide bonds. The Morgan fingerprint density at radius 2 is 1.75 bits per heavy atom. The van der Waals surface area contributed by atoms with Crippen LogP contribution in [0, 0.1) is 0 Å². The van der Waals surface area contributed by atoms with Crippen LogP contribution in [-0.2, 0) is 16.6 Å². The largest absolute Gasteiger partial charge is 0.326 e. The first-order chi connectivity index (χ1) is 7.55. The van der Waals surface area contributed by atoms with Gasteiger partial charge in [-0.15, -0.1) is 0 Å². The van der Waals surface area contributed by atoms with Crippen molar-refractivity contribution in [2.75, 3.05) is 16.6 Å². The summed E-state index contributed by atoms with van der Waals surface area (Å²) in [5.74, 6) is 0.111. The lowest BCUT2D eigenvalue weighted by molar-refractivity contribution is 0.593. The maximum Gasteiger partial charge on any atom is 0.234 e. The Morgan fingerprint density at radius 3 is 2.12 bits per heavy atom. The van der Waals surface area contributed by atoms with Crippen molar-refractivity contribution in [2.24, 2.45) is 5.73 Å². The number of benzene rings is 1. The van der Waals surface area contributed by atoms with Gasteiger partial charge in [-0.1, -0.05) is 12.1 Å². The zero-order valence-electron chi connectivity index (χ0n) is 9.68. The van der Waals surface area contributed by atoms with Gasteiger partial charge in [0.1, 0.15) is 0 Å². The number of hydrogen-bond acceptors (Lipinski definition) is 3. The number of sulfonamides is 1. The Balaban J connectivity index is 3.05. The van der Waals surface area contributed by atoms with Crippen molar-refractivity contribution in [3.63, 3.8) is 0 Å². The molecule has 0 aromatic heterocycles. The van der Waals surface area contributed by atoms with Crippen LogP contribution in [0.5, 0.6) is 0 Å². The number of hydrogen-bond donors (Lipinski definition) is 1. The summed E-state index contributed by atoms with van der Waals surface area (Å²) in [5, 5.41) is 0. The van der Waals surface area contributed by atoms with Gasteiger partial charge in [-0.3, -0.25) is 4.31 Å². The summed E-state index contributed by atoms with van der Waals surface area (Å²) in [4.78, 5) is 0. The van der Waals surface area contributed by atoms with Gasteiger partial charge in [-0.25, -0.2) is 8.42 Å². The molecule has 1 rings (SSSR count). The van der Waals surface area contributed by atoms with E-state index in [1.165, 1.54) is 4.31 Å². The van der Waals surface area contributed by atoms with Crippen molar-refractivity contribution >= 4 is 15.7 Å². The fourth-order valence-corrected chi connectivity index (χ4v) is 2.64. The predicted molar refractivity (Wildman–Crippen MR) is 66.8 cm³/mol. The van der Waals surface area contributed by atoms with Gasteiger partial charge < -0.3 is 5.73 Å². The molecule has 2 N–H and O–H groups in total. The van der Waals surface area contributed by atoms with E-state index in [1.807, 2.05) is 19.1 Å². The number of nitrogens with two attached hydrogens (primary N) is 1. The third-order valence-electron chi connectivity index (χ3n) is 2.45. The molecule has 0 aliphatic carbocycles. The van der Waals surface area contributed by atoms with Crippen molar-refractivity contribution in [3.05, 3.63) is 29.8 Å². The first-order valence-electron chi connectivity index (χ1n) is 5.34. The maximum absolute atomic E-state index is 11.8. The lowest BCUT2D eigenvalue weighted by Gasteiger charge is -2.22. The highest BCUT2D eigenvalue weighted by molar-refractivity contribution is 7.92. The standard InChI is InChI=1S/C11H18N2O2S/c1-3-13(16(14,15)4-2)11-7-5-10(9-12)6-8-11/h5-8H,3-4,9,12H2,1-2H3. The first kappa shape index (κ1) is 13.0. The Morgan fingerprint density at radius 1 is 1.19 bits per heavy atom. The Kier molecular flexibility index (Phi) is 4.32. The second kappa shape index (κ2) is 5.32. The summed E-state index contributed by atoms with van der Waals surface area (Å²) in [6, 6.07) is 7.28. The van der Waals surface area contributed by atoms with Gasteiger partial charge in [0.2, 0.25) is 10.0 Å². The Bertz CT molecular complexity index is 426. The smallest absolute Gasteiger partial charge is 0.234 e. The Hall–Kier alpha value is -1.07. The lowest BCUT2D eigenvalue weighted by Crippen LogP contribution is -2.32. The summed E-state index contributed by atoms with van der Waals surface area (Å²) in [6.07, 6.45) is 0. The summed E-state index contributed by atoms with van der Waals surface area (Å²) in [6.45, 7) is 4.38. The highest BCUT2D eigenvalue weighted by Crippen LogP contribution is 2.18. The normalized spacial score (nSPS) is 11.4. The molecule has 0 heterocycles. The van der Waals surface area contributed by atoms with Crippen molar-refractivity contribution in [2.45, 2.75) is 20.4 Å². The molecule has 1 aromatic carbocycles. The fourth-order valence-electron chi connectivity index (χ4n) is 1.49. The van der Waals surface area contributed by atoms with Crippen LogP contribution in [0.2, 0.25) is 0 Å². The number of anilines is 1. The van der Waals surface area contributed by atoms with Crippen LogP contribution in [0.15, 0.2) is 24.3 Å². The minimum absolute atomic E-state index is 0.111. The van der Waals surface area contributed by atoms with Gasteiger partial charge in [-0.2, -0.15) is 0 Å². The van der Waals surface area contributed by atoms with Crippen LogP contribution >= 0.6 is 0 Å². The summed E-state index contributed by atoms with van der Waals surface area (Å²) in [7, 11) is -3.18. The third-order valence-corrected chi connectivity index (χ3v) is 4.32. The van der Waals surface area contributed by atoms with E-state index in [9.17, 15) is 8.42 Å². The zero-order valence-corrected chi connectivity index (χ0v) is 10.5. The molecule has 4 nitrogen and oxygen atoms in total. The van der Waals surface area contributed by atoms with Crippen LogP contribution in [0.25, 0.3) is 0 Å². The molecule has 5 heteroatoms. The topological polar surface area (TPSA) is 63.4 Å². The summed E-state index contributed by atoms with van der Waals surface area (Å²) in [5.41, 5.74) is 7.18. The van der Waals surface area contributed by atoms with Gasteiger partial charge in [-0.05, 0) is 31.5 Å². The molecular formula is C11H18N2O2S. The van der Waals surface area contributed by atoms with Gasteiger partial charge in [0.25, 0.3) is 0 Å². The van der Waals surface area contributed by atoms with Crippen LogP contribution in [-0.4, -0.2) is 20.7 Å². The van der Waals surface area contributed by atoms with Gasteiger partial charge >= 0.3 is 0 Å². The molecule has 0 radical (unpaired) electrons. The second-order valence-electron chi connectivity index (χ2n) is 3.44. The minimum atomic E-state index is -3.18. The van der Waals surface area contributed by atoms with E-state index >= 15 is 0 Å². The van der Waals surface area contributed by atoms with E-state index in [0.29, 0.717) is 18.8 Å². The molecule has 0 saturated heterocycles. The molecule has 0 fully saturated rings. The SMILES string of the molecule is CCN(c1ccc(CN)cc1)S(=O)(=O)CC. The quantitative estimate of drug-likeness (QED) is 0.847. The maximum atomic E-state index is 11.8. The zero-order chi connectivity index (χ0) is 12.2. The average Bonchev–Trinajstić information content (AvgIpc) is 2.30. The summed E-state index contributed by atoms with van der Waals surface area (Å²) >= 11 is 0. The molecule has 0 bridgehead atoms. The minimum Gasteiger partial charge on any atom is -0.326 e. The molecule has 0 aliphatic heterocycles. The van der Waals surface area contributed by atoms with Gasteiger partial charge in [0.15, 0.2) is 0 Å². The van der Waals surface area contributed by atoms with Crippen molar-refractivity contribution in [1.29, 1.82) is 0 Å². The second-order valence-corrected chi connectivity index (χ2v) is 5.62. The van der Waals surface area contributed by atoms with Crippen molar-refractivity contribution < 1.29 is 8.42 Å². The first-order valence-corrected chi connectivity index (χ1v) is 6.95. The highest BCUT2D eigenvalue weighted by Gasteiger charge is 2.18. The molecule has 1 aromatic rings. The van der Waals surface area contributed by atoms with E-state index in [2.05, 4.69) is 0 Å². The van der Waals surface area contributed by atoms with Crippen molar-refractivity contribution in [1.82, 2.24) is 0 Å². The lowest BCUT2D eigenvalue weighted by atomic mass is 10.2. The van der Waals surface area contributed by atoms with E-state index in [-0.39, 0.29) is 5.75 Å². The number of rotatable bonds is 5. The van der Waals surface area contributed by atoms with E-state index < -0.39 is 10.0 Å². The van der Waals surface area contributed by atoms with Gasteiger partial charge in [0, 0.05) is 13.1 Å². The van der Waals surface area contributed by atoms with Crippen LogP contribution in [0.3, 0.4) is 0 Å². The monoisotopic (exact) mass is 242 g/mol. The predicted octanol–water partition coefficient (Wildman–Crippen LogP) is 1.32. The van der Waals surface area contributed by atoms with Crippen LogP contribution in [0.1, 0.15) is 19.4 Å². The number of nitrogens with zero attached hydrogens (tertiary/aromatic N) is 1. The Labute approximate surface area is 97.1 Å². The fraction of sp³-hybridized carbons (Fsp3) is 0.455. The molecular weight excluding hydrogens is 224 g/mol. The summed E-state index contributed by atoms with van der Waals surface area (Å²) < 4.78 is 25.0. The molecule has 16 heavy (non-hydrogen) atoms. The molecule has 90 valence electrons. The average molecular weight is 242 g/mol. The molecule has 0 atom stereocenters. The van der Waals surface area contributed by atoms with E-state index in [0.717, 1.165) is 5.56 Å². The van der Waals surface area contributed by atoms with Crippen molar-refractivity contribution in [3.8, 4) is 0 Å². The highest BCUT2D eigenvalue weighted by atomic mass is 32.2.